The summed E-state index contributed by atoms with van der Waals surface area (Å²) in [4.78, 5) is 9.20. The maximum atomic E-state index is 5.82. The van der Waals surface area contributed by atoms with Gasteiger partial charge in [-0.15, -0.1) is 24.0 Å². The fourth-order valence-electron chi connectivity index (χ4n) is 3.55. The molecule has 1 fully saturated rings. The number of aliphatic imine (C=N–C) groups is 1. The van der Waals surface area contributed by atoms with Crippen molar-refractivity contribution in [3.05, 3.63) is 30.2 Å². The lowest BCUT2D eigenvalue weighted by atomic mass is 10.0. The van der Waals surface area contributed by atoms with E-state index in [1.807, 2.05) is 24.3 Å². The number of methoxy groups -OCH3 is 1. The van der Waals surface area contributed by atoms with Crippen LogP contribution in [0.1, 0.15) is 51.8 Å². The fraction of sp³-hybridized carbons (Fsp3) is 0.609. The van der Waals surface area contributed by atoms with E-state index in [2.05, 4.69) is 34.6 Å². The van der Waals surface area contributed by atoms with Crippen LogP contribution < -0.4 is 15.4 Å². The van der Waals surface area contributed by atoms with Crippen LogP contribution in [0.25, 0.3) is 11.4 Å². The third-order valence-electron chi connectivity index (χ3n) is 5.39. The molecule has 178 valence electrons. The van der Waals surface area contributed by atoms with Crippen molar-refractivity contribution in [3.63, 3.8) is 0 Å². The first-order valence-corrected chi connectivity index (χ1v) is 11.2. The highest BCUT2D eigenvalue weighted by Gasteiger charge is 2.29. The lowest BCUT2D eigenvalue weighted by molar-refractivity contribution is 0.0283. The summed E-state index contributed by atoms with van der Waals surface area (Å²) in [7, 11) is 1.65. The zero-order valence-electron chi connectivity index (χ0n) is 19.4. The molecule has 1 saturated heterocycles. The molecule has 0 bridgehead atoms. The Morgan fingerprint density at radius 1 is 1.19 bits per heavy atom. The van der Waals surface area contributed by atoms with Crippen LogP contribution in [0, 0.1) is 0 Å². The minimum atomic E-state index is -0.114. The number of hydrogen-bond acceptors (Lipinski definition) is 6. The number of rotatable bonds is 11. The van der Waals surface area contributed by atoms with E-state index in [9.17, 15) is 0 Å². The van der Waals surface area contributed by atoms with Crippen molar-refractivity contribution in [1.29, 1.82) is 0 Å². The molecular formula is C23H36IN5O3. The summed E-state index contributed by atoms with van der Waals surface area (Å²) in [5.41, 5.74) is 0.809. The molecule has 9 heteroatoms. The van der Waals surface area contributed by atoms with Crippen LogP contribution in [0.5, 0.6) is 5.75 Å². The van der Waals surface area contributed by atoms with Gasteiger partial charge in [0.05, 0.1) is 19.3 Å². The summed E-state index contributed by atoms with van der Waals surface area (Å²) in [6.07, 6.45) is 6.12. The maximum absolute atomic E-state index is 5.82. The first-order valence-electron chi connectivity index (χ1n) is 11.2. The Kier molecular flexibility index (Phi) is 11.2. The average molecular weight is 557 g/mol. The molecule has 3 rings (SSSR count). The Labute approximate surface area is 208 Å². The number of aromatic nitrogens is 2. The van der Waals surface area contributed by atoms with Crippen molar-refractivity contribution in [2.75, 3.05) is 33.4 Å². The molecule has 0 saturated carbocycles. The van der Waals surface area contributed by atoms with Gasteiger partial charge in [-0.05, 0) is 63.8 Å². The molecule has 1 aromatic carbocycles. The van der Waals surface area contributed by atoms with Gasteiger partial charge in [-0.25, -0.2) is 0 Å². The lowest BCUT2D eigenvalue weighted by Crippen LogP contribution is -2.39. The normalized spacial score (nSPS) is 18.3. The zero-order chi connectivity index (χ0) is 21.9. The minimum absolute atomic E-state index is 0. The maximum Gasteiger partial charge on any atom is 0.226 e. The molecule has 2 N–H and O–H groups in total. The first kappa shape index (κ1) is 26.4. The van der Waals surface area contributed by atoms with E-state index in [4.69, 9.17) is 19.0 Å². The molecule has 1 aliphatic rings. The molecule has 2 heterocycles. The van der Waals surface area contributed by atoms with Crippen molar-refractivity contribution in [2.45, 2.75) is 58.0 Å². The molecule has 1 aliphatic heterocycles. The summed E-state index contributed by atoms with van der Waals surface area (Å²) in [6.45, 7) is 7.48. The summed E-state index contributed by atoms with van der Waals surface area (Å²) >= 11 is 0. The third kappa shape index (κ3) is 8.23. The van der Waals surface area contributed by atoms with E-state index >= 15 is 0 Å². The molecule has 0 spiro atoms. The third-order valence-corrected chi connectivity index (χ3v) is 5.39. The van der Waals surface area contributed by atoms with Gasteiger partial charge in [-0.3, -0.25) is 4.99 Å². The van der Waals surface area contributed by atoms with Crippen LogP contribution in [0.2, 0.25) is 0 Å². The number of aryl methyl sites for hydroxylation is 1. The van der Waals surface area contributed by atoms with Crippen molar-refractivity contribution in [2.24, 2.45) is 4.99 Å². The number of ether oxygens (including phenoxy) is 2. The van der Waals surface area contributed by atoms with Crippen molar-refractivity contribution < 1.29 is 14.0 Å². The topological polar surface area (TPSA) is 93.8 Å². The second kappa shape index (κ2) is 13.6. The van der Waals surface area contributed by atoms with Gasteiger partial charge in [0.15, 0.2) is 5.96 Å². The molecule has 1 atom stereocenters. The van der Waals surface area contributed by atoms with E-state index in [1.165, 1.54) is 0 Å². The second-order valence-corrected chi connectivity index (χ2v) is 8.07. The molecule has 0 aliphatic carbocycles. The van der Waals surface area contributed by atoms with E-state index < -0.39 is 0 Å². The highest BCUT2D eigenvalue weighted by Crippen LogP contribution is 2.25. The van der Waals surface area contributed by atoms with E-state index in [0.29, 0.717) is 18.3 Å². The van der Waals surface area contributed by atoms with Gasteiger partial charge >= 0.3 is 0 Å². The highest BCUT2D eigenvalue weighted by molar-refractivity contribution is 14.0. The van der Waals surface area contributed by atoms with E-state index in [1.54, 1.807) is 7.11 Å². The lowest BCUT2D eigenvalue weighted by Gasteiger charge is -2.21. The van der Waals surface area contributed by atoms with Crippen LogP contribution >= 0.6 is 24.0 Å². The van der Waals surface area contributed by atoms with Gasteiger partial charge in [-0.1, -0.05) is 11.6 Å². The van der Waals surface area contributed by atoms with Crippen molar-refractivity contribution in [3.8, 4) is 17.1 Å². The van der Waals surface area contributed by atoms with Gasteiger partial charge in [0, 0.05) is 31.7 Å². The predicted molar refractivity (Wildman–Crippen MR) is 137 cm³/mol. The van der Waals surface area contributed by atoms with Crippen molar-refractivity contribution >= 4 is 29.9 Å². The molecular weight excluding hydrogens is 521 g/mol. The fourth-order valence-corrected chi connectivity index (χ4v) is 3.55. The van der Waals surface area contributed by atoms with E-state index in [0.717, 1.165) is 75.5 Å². The zero-order valence-corrected chi connectivity index (χ0v) is 21.7. The molecule has 1 unspecified atom stereocenters. The molecule has 0 radical (unpaired) electrons. The number of unbranched alkanes of at least 4 members (excludes halogenated alkanes) is 2. The average Bonchev–Trinajstić information content (AvgIpc) is 3.44. The quantitative estimate of drug-likeness (QED) is 0.185. The Hall–Kier alpha value is -1.88. The highest BCUT2D eigenvalue weighted by atomic mass is 127. The van der Waals surface area contributed by atoms with Crippen LogP contribution in [0.15, 0.2) is 33.8 Å². The van der Waals surface area contributed by atoms with E-state index in [-0.39, 0.29) is 29.6 Å². The molecule has 8 nitrogen and oxygen atoms in total. The van der Waals surface area contributed by atoms with Gasteiger partial charge in [0.2, 0.25) is 11.7 Å². The number of hydrogen-bond donors (Lipinski definition) is 2. The number of guanidine groups is 1. The van der Waals surface area contributed by atoms with Crippen molar-refractivity contribution in [1.82, 2.24) is 20.8 Å². The SMILES string of the molecule is CCNC(=NCC1(C)CCCO1)NCCCCCc1nc(-c2ccc(OC)cc2)no1.I. The smallest absolute Gasteiger partial charge is 0.226 e. The Morgan fingerprint density at radius 3 is 2.69 bits per heavy atom. The largest absolute Gasteiger partial charge is 0.497 e. The van der Waals surface area contributed by atoms with Gasteiger partial charge < -0.3 is 24.6 Å². The Bertz CT molecular complexity index is 819. The second-order valence-electron chi connectivity index (χ2n) is 8.07. The monoisotopic (exact) mass is 557 g/mol. The standard InChI is InChI=1S/C23H35N5O3.HI/c1-4-24-22(26-17-23(2)14-8-16-30-23)25-15-7-5-6-9-20-27-21(28-31-20)18-10-12-19(29-3)13-11-18;/h10-13H,4-9,14-17H2,1-3H3,(H2,24,25,26);1H. The van der Waals surface area contributed by atoms with Gasteiger partial charge in [-0.2, -0.15) is 4.98 Å². The minimum Gasteiger partial charge on any atom is -0.497 e. The molecule has 0 amide bonds. The van der Waals surface area contributed by atoms with Crippen LogP contribution in [-0.4, -0.2) is 55.1 Å². The van der Waals surface area contributed by atoms with Crippen LogP contribution in [0.3, 0.4) is 0 Å². The number of halogens is 1. The first-order chi connectivity index (χ1) is 15.1. The number of nitrogens with one attached hydrogen (secondary N) is 2. The predicted octanol–water partition coefficient (Wildman–Crippen LogP) is 4.20. The Morgan fingerprint density at radius 2 is 2.00 bits per heavy atom. The number of nitrogens with zero attached hydrogens (tertiary/aromatic N) is 3. The molecule has 32 heavy (non-hydrogen) atoms. The van der Waals surface area contributed by atoms with Gasteiger partial charge in [0.25, 0.3) is 0 Å². The number of benzene rings is 1. The van der Waals surface area contributed by atoms with Crippen LogP contribution in [-0.2, 0) is 11.2 Å². The van der Waals surface area contributed by atoms with Crippen LogP contribution in [0.4, 0.5) is 0 Å². The Balaban J connectivity index is 0.00000363. The van der Waals surface area contributed by atoms with Gasteiger partial charge in [0.1, 0.15) is 5.75 Å². The summed E-state index contributed by atoms with van der Waals surface area (Å²) in [5.74, 6) is 2.97. The molecule has 1 aromatic heterocycles. The summed E-state index contributed by atoms with van der Waals surface area (Å²) in [6, 6.07) is 7.65. The summed E-state index contributed by atoms with van der Waals surface area (Å²) in [5, 5.41) is 10.8. The molecule has 2 aromatic rings. The summed E-state index contributed by atoms with van der Waals surface area (Å²) < 4.78 is 16.4.